The molecular formula is C16H23ClN4O2. The maximum Gasteiger partial charge on any atom is 0.321 e. The summed E-state index contributed by atoms with van der Waals surface area (Å²) in [5, 5.41) is 9.02. The first-order valence-corrected chi connectivity index (χ1v) is 7.88. The van der Waals surface area contributed by atoms with Crippen molar-refractivity contribution in [2.75, 3.05) is 36.4 Å². The molecule has 3 N–H and O–H groups in total. The molecule has 0 aliphatic carbocycles. The van der Waals surface area contributed by atoms with Crippen molar-refractivity contribution in [3.63, 3.8) is 0 Å². The third-order valence-electron chi connectivity index (χ3n) is 4.25. The maximum absolute atomic E-state index is 12.1. The monoisotopic (exact) mass is 338 g/mol. The van der Waals surface area contributed by atoms with Gasteiger partial charge in [-0.25, -0.2) is 4.79 Å². The van der Waals surface area contributed by atoms with E-state index in [0.717, 1.165) is 37.3 Å². The van der Waals surface area contributed by atoms with Gasteiger partial charge in [0.05, 0.1) is 0 Å². The number of carbonyl (C=O) groups is 2. The summed E-state index contributed by atoms with van der Waals surface area (Å²) in [6.45, 7) is 3.36. The van der Waals surface area contributed by atoms with E-state index in [2.05, 4.69) is 16.0 Å². The van der Waals surface area contributed by atoms with Gasteiger partial charge in [0.25, 0.3) is 0 Å². The third-order valence-corrected chi connectivity index (χ3v) is 4.25. The molecular weight excluding hydrogens is 316 g/mol. The number of halogens is 1. The van der Waals surface area contributed by atoms with Crippen LogP contribution in [0.3, 0.4) is 0 Å². The smallest absolute Gasteiger partial charge is 0.321 e. The number of nitrogens with zero attached hydrogens (tertiary/aromatic N) is 1. The number of benzene rings is 1. The van der Waals surface area contributed by atoms with Crippen molar-refractivity contribution in [1.82, 2.24) is 10.6 Å². The van der Waals surface area contributed by atoms with Crippen molar-refractivity contribution in [2.24, 2.45) is 5.92 Å². The van der Waals surface area contributed by atoms with Crippen LogP contribution in [0.4, 0.5) is 16.2 Å². The Morgan fingerprint density at radius 1 is 1.17 bits per heavy atom. The molecule has 3 rings (SSSR count). The molecule has 0 saturated carbocycles. The van der Waals surface area contributed by atoms with Gasteiger partial charge in [-0.15, -0.1) is 12.4 Å². The summed E-state index contributed by atoms with van der Waals surface area (Å²) < 4.78 is 0. The van der Waals surface area contributed by atoms with Gasteiger partial charge in [-0.2, -0.15) is 0 Å². The van der Waals surface area contributed by atoms with Crippen LogP contribution in [-0.2, 0) is 4.79 Å². The highest BCUT2D eigenvalue weighted by molar-refractivity contribution is 5.95. The van der Waals surface area contributed by atoms with Crippen LogP contribution in [0.25, 0.3) is 0 Å². The molecule has 2 aliphatic rings. The van der Waals surface area contributed by atoms with E-state index in [4.69, 9.17) is 0 Å². The molecule has 0 spiro atoms. The summed E-state index contributed by atoms with van der Waals surface area (Å²) in [7, 11) is 0. The molecule has 7 heteroatoms. The Kier molecular flexibility index (Phi) is 6.24. The number of amides is 3. The second-order valence-electron chi connectivity index (χ2n) is 5.88. The van der Waals surface area contributed by atoms with E-state index in [0.29, 0.717) is 25.4 Å². The average molecular weight is 339 g/mol. The van der Waals surface area contributed by atoms with Crippen LogP contribution in [0.1, 0.15) is 19.3 Å². The topological polar surface area (TPSA) is 73.5 Å². The molecule has 2 saturated heterocycles. The molecule has 2 fully saturated rings. The van der Waals surface area contributed by atoms with E-state index >= 15 is 0 Å². The minimum Gasteiger partial charge on any atom is -0.336 e. The van der Waals surface area contributed by atoms with Gasteiger partial charge >= 0.3 is 6.03 Å². The predicted octanol–water partition coefficient (Wildman–Crippen LogP) is 1.97. The molecule has 2 aliphatic heterocycles. The summed E-state index contributed by atoms with van der Waals surface area (Å²) >= 11 is 0. The first-order chi connectivity index (χ1) is 10.7. The molecule has 1 aromatic rings. The highest BCUT2D eigenvalue weighted by atomic mass is 35.5. The van der Waals surface area contributed by atoms with Gasteiger partial charge in [0.1, 0.15) is 0 Å². The van der Waals surface area contributed by atoms with Gasteiger partial charge in [0.15, 0.2) is 0 Å². The molecule has 0 unspecified atom stereocenters. The normalized spacial score (nSPS) is 18.3. The highest BCUT2D eigenvalue weighted by Gasteiger charge is 2.21. The van der Waals surface area contributed by atoms with Crippen molar-refractivity contribution in [3.05, 3.63) is 24.3 Å². The van der Waals surface area contributed by atoms with Crippen LogP contribution in [0.2, 0.25) is 0 Å². The lowest BCUT2D eigenvalue weighted by molar-refractivity contribution is -0.117. The fourth-order valence-corrected chi connectivity index (χ4v) is 3.00. The lowest BCUT2D eigenvalue weighted by Gasteiger charge is -2.22. The molecule has 0 aromatic heterocycles. The van der Waals surface area contributed by atoms with E-state index < -0.39 is 0 Å². The first-order valence-electron chi connectivity index (χ1n) is 7.88. The van der Waals surface area contributed by atoms with E-state index in [1.165, 1.54) is 0 Å². The standard InChI is InChI=1S/C16H22N4O2.ClH/c21-15(11-12-5-7-17-8-6-12)19-13-1-3-14(4-2-13)20-10-9-18-16(20)22;/h1-4,12,17H,5-11H2,(H,18,22)(H,19,21);1H. The molecule has 6 nitrogen and oxygen atoms in total. The second-order valence-corrected chi connectivity index (χ2v) is 5.88. The van der Waals surface area contributed by atoms with Gasteiger partial charge in [0.2, 0.25) is 5.91 Å². The minimum atomic E-state index is -0.0670. The molecule has 0 bridgehead atoms. The molecule has 0 atom stereocenters. The lowest BCUT2D eigenvalue weighted by atomic mass is 9.94. The Morgan fingerprint density at radius 3 is 2.48 bits per heavy atom. The van der Waals surface area contributed by atoms with Crippen molar-refractivity contribution >= 4 is 35.7 Å². The quantitative estimate of drug-likeness (QED) is 0.785. The number of hydrogen-bond donors (Lipinski definition) is 3. The van der Waals surface area contributed by atoms with Crippen molar-refractivity contribution in [1.29, 1.82) is 0 Å². The largest absolute Gasteiger partial charge is 0.336 e. The van der Waals surface area contributed by atoms with Gasteiger partial charge in [-0.3, -0.25) is 9.69 Å². The van der Waals surface area contributed by atoms with Gasteiger partial charge in [-0.05, 0) is 56.1 Å². The molecule has 126 valence electrons. The van der Waals surface area contributed by atoms with Crippen molar-refractivity contribution in [2.45, 2.75) is 19.3 Å². The zero-order valence-electron chi connectivity index (χ0n) is 13.0. The summed E-state index contributed by atoms with van der Waals surface area (Å²) in [6.07, 6.45) is 2.71. The third kappa shape index (κ3) is 4.59. The number of hydrogen-bond acceptors (Lipinski definition) is 3. The molecule has 0 radical (unpaired) electrons. The van der Waals surface area contributed by atoms with Gasteiger partial charge in [0, 0.05) is 30.9 Å². The van der Waals surface area contributed by atoms with Crippen molar-refractivity contribution in [3.8, 4) is 0 Å². The van der Waals surface area contributed by atoms with Crippen LogP contribution >= 0.6 is 12.4 Å². The number of carbonyl (C=O) groups excluding carboxylic acids is 2. The van der Waals surface area contributed by atoms with E-state index in [9.17, 15) is 9.59 Å². The fraction of sp³-hybridized carbons (Fsp3) is 0.500. The first kappa shape index (κ1) is 17.6. The van der Waals surface area contributed by atoms with Crippen LogP contribution in [0.15, 0.2) is 24.3 Å². The number of rotatable bonds is 4. The zero-order chi connectivity index (χ0) is 15.4. The number of urea groups is 1. The van der Waals surface area contributed by atoms with Gasteiger partial charge < -0.3 is 16.0 Å². The molecule has 3 amide bonds. The summed E-state index contributed by atoms with van der Waals surface area (Å²) in [6, 6.07) is 7.36. The Hall–Kier alpha value is -1.79. The minimum absolute atomic E-state index is 0. The number of nitrogens with one attached hydrogen (secondary N) is 3. The van der Waals surface area contributed by atoms with Crippen molar-refractivity contribution < 1.29 is 9.59 Å². The van der Waals surface area contributed by atoms with Crippen LogP contribution in [0, 0.1) is 5.92 Å². The predicted molar refractivity (Wildman–Crippen MR) is 93.3 cm³/mol. The molecule has 1 aromatic carbocycles. The van der Waals surface area contributed by atoms with E-state index in [-0.39, 0.29) is 24.3 Å². The Bertz CT molecular complexity index is 544. The van der Waals surface area contributed by atoms with Crippen LogP contribution < -0.4 is 20.9 Å². The van der Waals surface area contributed by atoms with Crippen LogP contribution in [0.5, 0.6) is 0 Å². The second kappa shape index (κ2) is 8.17. The molecule has 2 heterocycles. The summed E-state index contributed by atoms with van der Waals surface area (Å²) in [4.78, 5) is 25.4. The SMILES string of the molecule is Cl.O=C(CC1CCNCC1)Nc1ccc(N2CCNC2=O)cc1. The average Bonchev–Trinajstić information content (AvgIpc) is 2.95. The van der Waals surface area contributed by atoms with Gasteiger partial charge in [-0.1, -0.05) is 0 Å². The van der Waals surface area contributed by atoms with E-state index in [1.807, 2.05) is 24.3 Å². The summed E-state index contributed by atoms with van der Waals surface area (Å²) in [5.41, 5.74) is 1.63. The zero-order valence-corrected chi connectivity index (χ0v) is 13.8. The molecule has 23 heavy (non-hydrogen) atoms. The van der Waals surface area contributed by atoms with E-state index in [1.54, 1.807) is 4.90 Å². The Morgan fingerprint density at radius 2 is 1.87 bits per heavy atom. The number of piperidine rings is 1. The highest BCUT2D eigenvalue weighted by Crippen LogP contribution is 2.21. The Balaban J connectivity index is 0.00000192. The number of anilines is 2. The lowest BCUT2D eigenvalue weighted by Crippen LogP contribution is -2.30. The summed E-state index contributed by atoms with van der Waals surface area (Å²) in [5.74, 6) is 0.549. The van der Waals surface area contributed by atoms with Crippen LogP contribution in [-0.4, -0.2) is 38.1 Å². The Labute approximate surface area is 142 Å². The fourth-order valence-electron chi connectivity index (χ4n) is 3.00. The maximum atomic E-state index is 12.1.